The Bertz CT molecular complexity index is 1020. The smallest absolute Gasteiger partial charge is 0.145 e. The predicted molar refractivity (Wildman–Crippen MR) is 121 cm³/mol. The van der Waals surface area contributed by atoms with E-state index < -0.39 is 22.7 Å². The number of rotatable bonds is 3. The SMILES string of the molecule is C[C@@]12C[C@]3(c4ccccc4)O[C@@](C)(C[C@]3(c3ccccc3)O1)N2c1ccc(Br)cc1. The molecular formula is C26H24BrNO2. The minimum atomic E-state index is -0.523. The monoisotopic (exact) mass is 461 g/mol. The molecule has 4 atom stereocenters. The number of nitrogens with zero attached hydrogens (tertiary/aromatic N) is 1. The zero-order valence-electron chi connectivity index (χ0n) is 17.1. The third-order valence-corrected chi connectivity index (χ3v) is 7.63. The average Bonchev–Trinajstić information content (AvgIpc) is 3.09. The van der Waals surface area contributed by atoms with E-state index in [0.717, 1.165) is 23.0 Å². The highest BCUT2D eigenvalue weighted by molar-refractivity contribution is 9.10. The van der Waals surface area contributed by atoms with E-state index in [1.165, 1.54) is 11.1 Å². The third kappa shape index (κ3) is 2.22. The molecule has 0 radical (unpaired) electrons. The molecule has 4 fully saturated rings. The molecule has 4 saturated heterocycles. The molecular weight excluding hydrogens is 438 g/mol. The van der Waals surface area contributed by atoms with Crippen molar-refractivity contribution in [2.75, 3.05) is 4.90 Å². The summed E-state index contributed by atoms with van der Waals surface area (Å²) in [5.41, 5.74) is 1.49. The van der Waals surface area contributed by atoms with Gasteiger partial charge in [-0.3, -0.25) is 0 Å². The summed E-state index contributed by atoms with van der Waals surface area (Å²) in [5.74, 6) is 0. The molecule has 0 saturated carbocycles. The van der Waals surface area contributed by atoms with Gasteiger partial charge in [0.2, 0.25) is 0 Å². The van der Waals surface area contributed by atoms with Crippen LogP contribution in [0.25, 0.3) is 0 Å². The zero-order chi connectivity index (χ0) is 20.6. The Kier molecular flexibility index (Phi) is 3.70. The molecule has 0 spiro atoms. The predicted octanol–water partition coefficient (Wildman–Crippen LogP) is 6.33. The van der Waals surface area contributed by atoms with Gasteiger partial charge in [-0.25, -0.2) is 0 Å². The van der Waals surface area contributed by atoms with Crippen LogP contribution in [0.15, 0.2) is 89.4 Å². The lowest BCUT2D eigenvalue weighted by Crippen LogP contribution is -2.65. The van der Waals surface area contributed by atoms with Crippen molar-refractivity contribution in [3.8, 4) is 0 Å². The fraction of sp³-hybridized carbons (Fsp3) is 0.308. The van der Waals surface area contributed by atoms with Gasteiger partial charge in [-0.15, -0.1) is 0 Å². The van der Waals surface area contributed by atoms with Gasteiger partial charge < -0.3 is 14.4 Å². The van der Waals surface area contributed by atoms with Crippen LogP contribution >= 0.6 is 15.9 Å². The van der Waals surface area contributed by atoms with E-state index in [-0.39, 0.29) is 0 Å². The molecule has 30 heavy (non-hydrogen) atoms. The molecule has 4 heterocycles. The quantitative estimate of drug-likeness (QED) is 0.454. The van der Waals surface area contributed by atoms with Crippen LogP contribution in [-0.4, -0.2) is 11.4 Å². The molecule has 0 aliphatic carbocycles. The van der Waals surface area contributed by atoms with Crippen molar-refractivity contribution < 1.29 is 9.47 Å². The zero-order valence-corrected chi connectivity index (χ0v) is 18.7. The van der Waals surface area contributed by atoms with Crippen molar-refractivity contribution in [1.82, 2.24) is 0 Å². The summed E-state index contributed by atoms with van der Waals surface area (Å²) < 4.78 is 15.3. The first kappa shape index (κ1) is 18.6. The van der Waals surface area contributed by atoms with Crippen LogP contribution in [0.2, 0.25) is 0 Å². The van der Waals surface area contributed by atoms with E-state index in [1.54, 1.807) is 0 Å². The van der Waals surface area contributed by atoms with Crippen LogP contribution < -0.4 is 4.90 Å². The molecule has 0 unspecified atom stereocenters. The Morgan fingerprint density at radius 1 is 0.667 bits per heavy atom. The molecule has 0 aromatic heterocycles. The summed E-state index contributed by atoms with van der Waals surface area (Å²) >= 11 is 3.56. The number of ether oxygens (including phenoxy) is 2. The van der Waals surface area contributed by atoms with E-state index in [1.807, 2.05) is 0 Å². The van der Waals surface area contributed by atoms with Gasteiger partial charge in [0.1, 0.15) is 22.7 Å². The third-order valence-electron chi connectivity index (χ3n) is 7.11. The average molecular weight is 462 g/mol. The molecule has 4 heteroatoms. The highest BCUT2D eigenvalue weighted by atomic mass is 79.9. The van der Waals surface area contributed by atoms with Crippen molar-refractivity contribution in [3.63, 3.8) is 0 Å². The van der Waals surface area contributed by atoms with Gasteiger partial charge in [0.25, 0.3) is 0 Å². The summed E-state index contributed by atoms with van der Waals surface area (Å²) in [6.07, 6.45) is 1.54. The van der Waals surface area contributed by atoms with E-state index in [2.05, 4.69) is 120 Å². The molecule has 7 rings (SSSR count). The first-order chi connectivity index (χ1) is 14.4. The standard InChI is InChI=1S/C26H24BrNO2/c1-23-17-25(19-9-5-3-6-10-19)26(29-23,20-11-7-4-8-12-20)18-24(2,30-25)28(23)22-15-13-21(27)14-16-22/h3-16H,17-18H2,1-2H3/t23-,24-,25+,26+/m0/s1. The maximum atomic E-state index is 7.12. The number of hydrogen-bond acceptors (Lipinski definition) is 3. The van der Waals surface area contributed by atoms with E-state index in [4.69, 9.17) is 9.47 Å². The molecule has 3 aromatic carbocycles. The summed E-state index contributed by atoms with van der Waals surface area (Å²) in [7, 11) is 0. The minimum absolute atomic E-state index is 0.481. The molecule has 152 valence electrons. The lowest BCUT2D eigenvalue weighted by molar-refractivity contribution is -0.163. The van der Waals surface area contributed by atoms with Crippen molar-refractivity contribution in [3.05, 3.63) is 101 Å². The van der Waals surface area contributed by atoms with Crippen LogP contribution in [-0.2, 0) is 20.7 Å². The van der Waals surface area contributed by atoms with Crippen LogP contribution in [0.5, 0.6) is 0 Å². The Morgan fingerprint density at radius 2 is 1.10 bits per heavy atom. The fourth-order valence-corrected chi connectivity index (χ4v) is 6.62. The highest BCUT2D eigenvalue weighted by Crippen LogP contribution is 2.73. The highest BCUT2D eigenvalue weighted by Gasteiger charge is 2.80. The van der Waals surface area contributed by atoms with E-state index >= 15 is 0 Å². The second-order valence-electron chi connectivity index (χ2n) is 9.11. The Labute approximate surface area is 185 Å². The van der Waals surface area contributed by atoms with Gasteiger partial charge in [0, 0.05) is 23.0 Å². The van der Waals surface area contributed by atoms with Crippen LogP contribution in [0.3, 0.4) is 0 Å². The summed E-state index contributed by atoms with van der Waals surface area (Å²) in [4.78, 5) is 2.35. The fourth-order valence-electron chi connectivity index (χ4n) is 6.36. The van der Waals surface area contributed by atoms with E-state index in [0.29, 0.717) is 0 Å². The largest absolute Gasteiger partial charge is 0.341 e. The Hall–Kier alpha value is -2.14. The molecule has 4 bridgehead atoms. The van der Waals surface area contributed by atoms with Gasteiger partial charge in [0.05, 0.1) is 0 Å². The van der Waals surface area contributed by atoms with Gasteiger partial charge in [-0.1, -0.05) is 76.6 Å². The van der Waals surface area contributed by atoms with Gasteiger partial charge in [-0.05, 0) is 49.2 Å². The van der Waals surface area contributed by atoms with Crippen molar-refractivity contribution >= 4 is 21.6 Å². The molecule has 0 N–H and O–H groups in total. The number of benzene rings is 3. The van der Waals surface area contributed by atoms with Crippen LogP contribution in [0.4, 0.5) is 5.69 Å². The maximum absolute atomic E-state index is 7.12. The molecule has 3 aromatic rings. The Morgan fingerprint density at radius 3 is 1.53 bits per heavy atom. The van der Waals surface area contributed by atoms with E-state index in [9.17, 15) is 0 Å². The normalized spacial score (nSPS) is 36.4. The number of hydrogen-bond donors (Lipinski definition) is 0. The first-order valence-electron chi connectivity index (χ1n) is 10.5. The lowest BCUT2D eigenvalue weighted by atomic mass is 9.72. The molecule has 4 aliphatic rings. The van der Waals surface area contributed by atoms with Crippen LogP contribution in [0.1, 0.15) is 37.8 Å². The molecule has 4 aliphatic heterocycles. The number of anilines is 1. The summed E-state index contributed by atoms with van der Waals surface area (Å²) in [6.45, 7) is 4.44. The van der Waals surface area contributed by atoms with Crippen molar-refractivity contribution in [1.29, 1.82) is 0 Å². The lowest BCUT2D eigenvalue weighted by Gasteiger charge is -2.55. The summed E-state index contributed by atoms with van der Waals surface area (Å²) in [5, 5.41) is 0. The summed E-state index contributed by atoms with van der Waals surface area (Å²) in [6, 6.07) is 29.7. The van der Waals surface area contributed by atoms with Crippen molar-refractivity contribution in [2.24, 2.45) is 0 Å². The van der Waals surface area contributed by atoms with Crippen LogP contribution in [0, 0.1) is 0 Å². The second kappa shape index (κ2) is 5.97. The van der Waals surface area contributed by atoms with Gasteiger partial charge in [-0.2, -0.15) is 0 Å². The topological polar surface area (TPSA) is 21.7 Å². The number of halogens is 1. The van der Waals surface area contributed by atoms with Crippen molar-refractivity contribution in [2.45, 2.75) is 49.3 Å². The first-order valence-corrected chi connectivity index (χ1v) is 11.3. The van der Waals surface area contributed by atoms with Gasteiger partial charge in [0.15, 0.2) is 0 Å². The molecule has 0 amide bonds. The second-order valence-corrected chi connectivity index (χ2v) is 10.0. The van der Waals surface area contributed by atoms with Gasteiger partial charge >= 0.3 is 0 Å². The minimum Gasteiger partial charge on any atom is -0.341 e. The molecule has 3 nitrogen and oxygen atoms in total. The maximum Gasteiger partial charge on any atom is 0.145 e. The Balaban J connectivity index is 1.58.